The van der Waals surface area contributed by atoms with Gasteiger partial charge in [-0.05, 0) is 21.5 Å². The zero-order valence-electron chi connectivity index (χ0n) is 13.1. The molecule has 124 valence electrons. The minimum Gasteiger partial charge on any atom is -0.300 e. The van der Waals surface area contributed by atoms with Gasteiger partial charge in [0.1, 0.15) is 6.54 Å². The number of aromatic nitrogens is 4. The van der Waals surface area contributed by atoms with Crippen LogP contribution < -0.4 is 10.5 Å². The molecule has 0 radical (unpaired) electrons. The Kier molecular flexibility index (Phi) is 3.43. The maximum Gasteiger partial charge on any atom is 0.283 e. The standard InChI is InChI=1S/C16H11BrN6O2/c1-18-10-6-4-3-5-9(10)7-22-13-12(19-15(22)17)14(25)23-8-11(24)21(2)16(23)20-13/h3-6H,7-8H2,2H3. The molecule has 0 aliphatic carbocycles. The first-order valence-electron chi connectivity index (χ1n) is 7.39. The topological polar surface area (TPSA) is 77.4 Å². The normalized spacial score (nSPS) is 13.3. The molecule has 3 aromatic rings. The average Bonchev–Trinajstić information content (AvgIpc) is 3.08. The Morgan fingerprint density at radius 3 is 2.80 bits per heavy atom. The summed E-state index contributed by atoms with van der Waals surface area (Å²) in [6, 6.07) is 7.24. The zero-order chi connectivity index (χ0) is 17.7. The number of carbonyl (C=O) groups is 1. The molecule has 9 heteroatoms. The molecule has 25 heavy (non-hydrogen) atoms. The summed E-state index contributed by atoms with van der Waals surface area (Å²) in [5.74, 6) is 0.107. The van der Waals surface area contributed by atoms with Crippen molar-refractivity contribution in [2.45, 2.75) is 13.1 Å². The molecule has 1 amide bonds. The van der Waals surface area contributed by atoms with Crippen molar-refractivity contribution in [3.63, 3.8) is 0 Å². The van der Waals surface area contributed by atoms with Gasteiger partial charge in [0.2, 0.25) is 11.9 Å². The Morgan fingerprint density at radius 2 is 2.04 bits per heavy atom. The van der Waals surface area contributed by atoms with Crippen LogP contribution in [0, 0.1) is 6.57 Å². The first-order valence-corrected chi connectivity index (χ1v) is 8.19. The highest BCUT2D eigenvalue weighted by Crippen LogP contribution is 2.26. The maximum atomic E-state index is 12.7. The number of imidazole rings is 1. The lowest BCUT2D eigenvalue weighted by molar-refractivity contribution is -0.117. The fraction of sp³-hybridized carbons (Fsp3) is 0.188. The first-order chi connectivity index (χ1) is 12.0. The van der Waals surface area contributed by atoms with E-state index >= 15 is 0 Å². The van der Waals surface area contributed by atoms with Crippen molar-refractivity contribution in [1.82, 2.24) is 19.1 Å². The van der Waals surface area contributed by atoms with Gasteiger partial charge in [0.15, 0.2) is 21.6 Å². The molecule has 1 aromatic carbocycles. The summed E-state index contributed by atoms with van der Waals surface area (Å²) in [6.45, 7) is 7.60. The Balaban J connectivity index is 1.93. The van der Waals surface area contributed by atoms with Gasteiger partial charge in [-0.3, -0.25) is 23.6 Å². The number of hydrogen-bond donors (Lipinski definition) is 0. The monoisotopic (exact) mass is 398 g/mol. The Morgan fingerprint density at radius 1 is 1.28 bits per heavy atom. The minimum absolute atomic E-state index is 0.0291. The molecular formula is C16H11BrN6O2. The van der Waals surface area contributed by atoms with Gasteiger partial charge in [0.05, 0.1) is 6.57 Å². The second-order valence-corrected chi connectivity index (χ2v) is 6.34. The lowest BCUT2D eigenvalue weighted by Crippen LogP contribution is -2.22. The van der Waals surface area contributed by atoms with Gasteiger partial charge in [-0.25, -0.2) is 9.83 Å². The molecule has 0 saturated heterocycles. The van der Waals surface area contributed by atoms with E-state index in [1.807, 2.05) is 12.1 Å². The van der Waals surface area contributed by atoms with Crippen molar-refractivity contribution in [2.75, 3.05) is 11.9 Å². The Hall–Kier alpha value is -2.99. The van der Waals surface area contributed by atoms with Crippen LogP contribution in [0.25, 0.3) is 16.0 Å². The van der Waals surface area contributed by atoms with Gasteiger partial charge < -0.3 is 0 Å². The fourth-order valence-electron chi connectivity index (χ4n) is 2.86. The Bertz CT molecular complexity index is 1140. The molecule has 2 aromatic heterocycles. The van der Waals surface area contributed by atoms with Gasteiger partial charge >= 0.3 is 0 Å². The van der Waals surface area contributed by atoms with E-state index in [1.165, 1.54) is 9.47 Å². The summed E-state index contributed by atoms with van der Waals surface area (Å²) >= 11 is 3.37. The largest absolute Gasteiger partial charge is 0.300 e. The maximum absolute atomic E-state index is 12.7. The predicted molar refractivity (Wildman–Crippen MR) is 94.7 cm³/mol. The van der Waals surface area contributed by atoms with Crippen molar-refractivity contribution in [3.05, 3.63) is 56.3 Å². The number of rotatable bonds is 2. The molecule has 1 aliphatic rings. The number of halogens is 1. The van der Waals surface area contributed by atoms with Gasteiger partial charge in [-0.2, -0.15) is 4.98 Å². The van der Waals surface area contributed by atoms with Crippen molar-refractivity contribution in [1.29, 1.82) is 0 Å². The SMILES string of the molecule is [C-]#[N+]c1ccccc1Cn1c(Br)nc2c(=O)n3c(nc21)N(C)C(=O)C3. The van der Waals surface area contributed by atoms with Crippen LogP contribution in [0.15, 0.2) is 33.8 Å². The summed E-state index contributed by atoms with van der Waals surface area (Å²) in [4.78, 5) is 38.1. The van der Waals surface area contributed by atoms with Crippen molar-refractivity contribution in [2.24, 2.45) is 0 Å². The number of benzene rings is 1. The van der Waals surface area contributed by atoms with E-state index in [2.05, 4.69) is 30.7 Å². The molecule has 1 aliphatic heterocycles. The number of para-hydroxylation sites is 1. The second kappa shape index (κ2) is 5.53. The number of carbonyl (C=O) groups excluding carboxylic acids is 1. The molecule has 4 rings (SSSR count). The molecule has 0 spiro atoms. The van der Waals surface area contributed by atoms with Crippen LogP contribution in [0.1, 0.15) is 5.56 Å². The number of nitrogens with zero attached hydrogens (tertiary/aromatic N) is 6. The lowest BCUT2D eigenvalue weighted by Gasteiger charge is -2.10. The predicted octanol–water partition coefficient (Wildman–Crippen LogP) is 1.93. The molecular weight excluding hydrogens is 388 g/mol. The van der Waals surface area contributed by atoms with Crippen LogP contribution in [-0.2, 0) is 17.9 Å². The fourth-order valence-corrected chi connectivity index (χ4v) is 3.33. The van der Waals surface area contributed by atoms with E-state index in [4.69, 9.17) is 6.57 Å². The lowest BCUT2D eigenvalue weighted by atomic mass is 10.2. The van der Waals surface area contributed by atoms with Gasteiger partial charge in [0.25, 0.3) is 5.56 Å². The smallest absolute Gasteiger partial charge is 0.283 e. The molecule has 0 atom stereocenters. The highest BCUT2D eigenvalue weighted by Gasteiger charge is 2.29. The van der Waals surface area contributed by atoms with Crippen molar-refractivity contribution in [3.8, 4) is 0 Å². The van der Waals surface area contributed by atoms with Gasteiger partial charge in [0, 0.05) is 13.6 Å². The molecule has 0 saturated carbocycles. The van der Waals surface area contributed by atoms with Crippen LogP contribution in [0.5, 0.6) is 0 Å². The van der Waals surface area contributed by atoms with Gasteiger partial charge in [-0.15, -0.1) is 0 Å². The number of anilines is 1. The van der Waals surface area contributed by atoms with E-state index in [0.29, 0.717) is 28.6 Å². The van der Waals surface area contributed by atoms with Crippen LogP contribution in [0.4, 0.5) is 11.6 Å². The first kappa shape index (κ1) is 15.5. The summed E-state index contributed by atoms with van der Waals surface area (Å²) < 4.78 is 3.49. The summed E-state index contributed by atoms with van der Waals surface area (Å²) in [6.07, 6.45) is 0. The van der Waals surface area contributed by atoms with Crippen molar-refractivity contribution < 1.29 is 4.79 Å². The third-order valence-electron chi connectivity index (χ3n) is 4.20. The van der Waals surface area contributed by atoms with Crippen LogP contribution >= 0.6 is 15.9 Å². The molecule has 0 unspecified atom stereocenters. The van der Waals surface area contributed by atoms with Crippen LogP contribution in [0.2, 0.25) is 0 Å². The zero-order valence-corrected chi connectivity index (χ0v) is 14.7. The third kappa shape index (κ3) is 2.26. The van der Waals surface area contributed by atoms with Crippen LogP contribution in [0.3, 0.4) is 0 Å². The van der Waals surface area contributed by atoms with Crippen molar-refractivity contribution >= 4 is 44.6 Å². The van der Waals surface area contributed by atoms with Gasteiger partial charge in [-0.1, -0.05) is 24.3 Å². The number of likely N-dealkylation sites (N-methyl/N-ethyl adjacent to an activating group) is 1. The molecule has 0 N–H and O–H groups in total. The third-order valence-corrected chi connectivity index (χ3v) is 4.80. The quantitative estimate of drug-likeness (QED) is 0.488. The highest BCUT2D eigenvalue weighted by molar-refractivity contribution is 9.10. The summed E-state index contributed by atoms with van der Waals surface area (Å²) in [5.41, 5.74) is 1.55. The average molecular weight is 399 g/mol. The number of fused-ring (bicyclic) bond motifs is 2. The number of amides is 1. The minimum atomic E-state index is -0.351. The molecule has 0 fully saturated rings. The molecule has 3 heterocycles. The summed E-state index contributed by atoms with van der Waals surface area (Å²) in [5, 5.41) is 0. The van der Waals surface area contributed by atoms with Crippen LogP contribution in [-0.4, -0.2) is 32.1 Å². The van der Waals surface area contributed by atoms with E-state index < -0.39 is 0 Å². The van der Waals surface area contributed by atoms with E-state index in [1.54, 1.807) is 23.7 Å². The highest BCUT2D eigenvalue weighted by atomic mass is 79.9. The summed E-state index contributed by atoms with van der Waals surface area (Å²) in [7, 11) is 1.59. The number of hydrogen-bond acceptors (Lipinski definition) is 4. The van der Waals surface area contributed by atoms with E-state index in [0.717, 1.165) is 5.56 Å². The van der Waals surface area contributed by atoms with E-state index in [-0.39, 0.29) is 23.5 Å². The van der Waals surface area contributed by atoms with E-state index in [9.17, 15) is 9.59 Å². The second-order valence-electron chi connectivity index (χ2n) is 5.64. The molecule has 0 bridgehead atoms. The Labute approximate surface area is 150 Å². The molecule has 8 nitrogen and oxygen atoms in total.